The first kappa shape index (κ1) is 23.5. The van der Waals surface area contributed by atoms with E-state index in [-0.39, 0.29) is 23.9 Å². The van der Waals surface area contributed by atoms with Crippen LogP contribution in [-0.4, -0.2) is 48.4 Å². The van der Waals surface area contributed by atoms with Gasteiger partial charge in [-0.1, -0.05) is 0 Å². The molecule has 3 fully saturated rings. The van der Waals surface area contributed by atoms with Gasteiger partial charge in [0.15, 0.2) is 5.65 Å². The third-order valence-corrected chi connectivity index (χ3v) is 8.35. The van der Waals surface area contributed by atoms with Crippen molar-refractivity contribution < 1.29 is 9.90 Å². The van der Waals surface area contributed by atoms with Crippen LogP contribution in [0.2, 0.25) is 0 Å². The van der Waals surface area contributed by atoms with Crippen LogP contribution < -0.4 is 16.2 Å². The van der Waals surface area contributed by atoms with Crippen LogP contribution in [0.3, 0.4) is 0 Å². The van der Waals surface area contributed by atoms with Gasteiger partial charge in [0.1, 0.15) is 0 Å². The van der Waals surface area contributed by atoms with Gasteiger partial charge in [0.25, 0.3) is 0 Å². The van der Waals surface area contributed by atoms with Gasteiger partial charge >= 0.3 is 0 Å². The number of carbonyl (C=O) groups excluding carboxylic acids is 1. The Morgan fingerprint density at radius 3 is 3.00 bits per heavy atom. The van der Waals surface area contributed by atoms with Gasteiger partial charge in [-0.3, -0.25) is 19.9 Å². The molecule has 0 spiro atoms. The average molecular weight is 490 g/mol. The zero-order chi connectivity index (χ0) is 24.7. The third-order valence-electron chi connectivity index (χ3n) is 8.35. The van der Waals surface area contributed by atoms with E-state index in [1.807, 2.05) is 31.5 Å². The molecule has 3 aliphatic rings. The molecule has 0 radical (unpaired) electrons. The Balaban J connectivity index is 1.08. The van der Waals surface area contributed by atoms with Gasteiger partial charge in [-0.2, -0.15) is 5.10 Å². The van der Waals surface area contributed by atoms with Crippen molar-refractivity contribution in [2.45, 2.75) is 82.1 Å². The second kappa shape index (κ2) is 9.53. The van der Waals surface area contributed by atoms with E-state index in [0.29, 0.717) is 37.0 Å². The molecule has 1 aliphatic heterocycles. The van der Waals surface area contributed by atoms with Gasteiger partial charge < -0.3 is 10.4 Å². The zero-order valence-electron chi connectivity index (χ0n) is 20.7. The Morgan fingerprint density at radius 1 is 1.22 bits per heavy atom. The van der Waals surface area contributed by atoms with Crippen molar-refractivity contribution in [2.24, 2.45) is 11.8 Å². The number of aliphatic hydroxyl groups is 1. The fraction of sp³-hybridized carbons (Fsp3) is 0.556. The number of amides is 1. The Hall–Kier alpha value is -2.88. The highest BCUT2D eigenvalue weighted by Gasteiger charge is 2.43. The fourth-order valence-electron chi connectivity index (χ4n) is 6.60. The van der Waals surface area contributed by atoms with Gasteiger partial charge in [-0.05, 0) is 87.6 Å². The predicted molar refractivity (Wildman–Crippen MR) is 135 cm³/mol. The molecule has 1 saturated heterocycles. The minimum absolute atomic E-state index is 0.00380. The second-order valence-corrected chi connectivity index (χ2v) is 11.0. The van der Waals surface area contributed by atoms with Gasteiger partial charge in [0.05, 0.1) is 18.2 Å². The van der Waals surface area contributed by atoms with Crippen molar-refractivity contribution in [3.05, 3.63) is 54.1 Å². The summed E-state index contributed by atoms with van der Waals surface area (Å²) in [6.07, 6.45) is 11.3. The Bertz CT molecular complexity index is 1210. The summed E-state index contributed by atoms with van der Waals surface area (Å²) in [5.41, 5.74) is 8.96. The maximum absolute atomic E-state index is 13.4. The molecular formula is C27H35N7O2. The largest absolute Gasteiger partial charge is 0.388 e. The first-order valence-corrected chi connectivity index (χ1v) is 13.2. The number of aromatic nitrogens is 4. The Kier molecular flexibility index (Phi) is 6.23. The van der Waals surface area contributed by atoms with Crippen LogP contribution in [0.15, 0.2) is 42.9 Å². The van der Waals surface area contributed by atoms with Gasteiger partial charge in [-0.25, -0.2) is 10.4 Å². The van der Waals surface area contributed by atoms with E-state index < -0.39 is 5.60 Å². The maximum atomic E-state index is 13.4. The highest BCUT2D eigenvalue weighted by Crippen LogP contribution is 2.41. The summed E-state index contributed by atoms with van der Waals surface area (Å²) < 4.78 is 1.80. The number of nitrogens with zero attached hydrogens (tertiary/aromatic N) is 4. The van der Waals surface area contributed by atoms with Crippen molar-refractivity contribution in [1.29, 1.82) is 0 Å². The third kappa shape index (κ3) is 4.75. The summed E-state index contributed by atoms with van der Waals surface area (Å²) in [5, 5.41) is 20.2. The topological polar surface area (TPSA) is 117 Å². The van der Waals surface area contributed by atoms with Crippen LogP contribution in [0.5, 0.6) is 0 Å². The molecule has 0 bridgehead atoms. The van der Waals surface area contributed by atoms with Crippen LogP contribution >= 0.6 is 0 Å². The fourth-order valence-corrected chi connectivity index (χ4v) is 6.60. The van der Waals surface area contributed by atoms with Crippen molar-refractivity contribution in [2.75, 3.05) is 0 Å². The molecule has 0 aromatic carbocycles. The number of carbonyl (C=O) groups is 1. The SMILES string of the molecule is Cc1cc(C2NNC3CCC(C(=O)N[C@@H]4CCC[C@](O)(Cn5cc6cccnc6n5)C4)CC32)ccn1. The van der Waals surface area contributed by atoms with Crippen LogP contribution in [-0.2, 0) is 11.3 Å². The van der Waals surface area contributed by atoms with E-state index in [2.05, 4.69) is 43.4 Å². The van der Waals surface area contributed by atoms with E-state index in [1.165, 1.54) is 5.56 Å². The minimum atomic E-state index is -0.889. The Labute approximate surface area is 211 Å². The van der Waals surface area contributed by atoms with Crippen molar-refractivity contribution in [1.82, 2.24) is 35.9 Å². The van der Waals surface area contributed by atoms with Crippen LogP contribution in [0, 0.1) is 18.8 Å². The number of nitrogens with one attached hydrogen (secondary N) is 3. The van der Waals surface area contributed by atoms with Crippen molar-refractivity contribution >= 4 is 16.9 Å². The summed E-state index contributed by atoms with van der Waals surface area (Å²) in [4.78, 5) is 22.0. The number of fused-ring (bicyclic) bond motifs is 2. The number of hydrazine groups is 1. The molecule has 1 amide bonds. The molecule has 4 unspecified atom stereocenters. The van der Waals surface area contributed by atoms with Gasteiger partial charge in [-0.15, -0.1) is 0 Å². The monoisotopic (exact) mass is 489 g/mol. The summed E-state index contributed by atoms with van der Waals surface area (Å²) in [5.74, 6) is 0.492. The molecule has 9 heteroatoms. The van der Waals surface area contributed by atoms with Gasteiger partial charge in [0.2, 0.25) is 5.91 Å². The lowest BCUT2D eigenvalue weighted by Crippen LogP contribution is -2.50. The number of rotatable bonds is 5. The van der Waals surface area contributed by atoms with Crippen LogP contribution in [0.1, 0.15) is 62.2 Å². The predicted octanol–water partition coefficient (Wildman–Crippen LogP) is 2.56. The number of hydrogen-bond donors (Lipinski definition) is 4. The average Bonchev–Trinajstić information content (AvgIpc) is 3.46. The van der Waals surface area contributed by atoms with E-state index >= 15 is 0 Å². The molecule has 6 rings (SSSR count). The molecular weight excluding hydrogens is 454 g/mol. The quantitative estimate of drug-likeness (QED) is 0.435. The van der Waals surface area contributed by atoms with Crippen molar-refractivity contribution in [3.8, 4) is 0 Å². The van der Waals surface area contributed by atoms with E-state index in [1.54, 1.807) is 10.9 Å². The summed E-state index contributed by atoms with van der Waals surface area (Å²) in [7, 11) is 0. The lowest BCUT2D eigenvalue weighted by atomic mass is 9.74. The molecule has 2 saturated carbocycles. The maximum Gasteiger partial charge on any atom is 0.223 e. The van der Waals surface area contributed by atoms with Crippen LogP contribution in [0.25, 0.3) is 11.0 Å². The molecule has 36 heavy (non-hydrogen) atoms. The second-order valence-electron chi connectivity index (χ2n) is 11.0. The summed E-state index contributed by atoms with van der Waals surface area (Å²) in [6, 6.07) is 8.62. The molecule has 3 aromatic rings. The molecule has 3 aromatic heterocycles. The highest BCUT2D eigenvalue weighted by molar-refractivity contribution is 5.79. The molecule has 6 atom stereocenters. The minimum Gasteiger partial charge on any atom is -0.388 e. The standard InChI is InChI=1S/C27H35N7O2/c1-17-12-18(8-11-28-17)24-22-13-19(6-7-23(22)31-32-24)26(35)30-21-5-2-9-27(36,14-21)16-34-15-20-4-3-10-29-25(20)33-34/h3-4,8,10-12,15,19,21-24,31-32,36H,2,5-7,9,13-14,16H2,1H3,(H,30,35)/t19?,21-,22?,23?,24?,27-/m1/s1. The summed E-state index contributed by atoms with van der Waals surface area (Å²) in [6.45, 7) is 2.42. The van der Waals surface area contributed by atoms with Crippen molar-refractivity contribution in [3.63, 3.8) is 0 Å². The van der Waals surface area contributed by atoms with E-state index in [4.69, 9.17) is 0 Å². The molecule has 2 aliphatic carbocycles. The normalized spacial score (nSPS) is 32.3. The smallest absolute Gasteiger partial charge is 0.223 e. The molecule has 9 nitrogen and oxygen atoms in total. The number of aryl methyl sites for hydroxylation is 1. The molecule has 4 heterocycles. The molecule has 190 valence electrons. The Morgan fingerprint density at radius 2 is 2.14 bits per heavy atom. The first-order chi connectivity index (χ1) is 17.5. The lowest BCUT2D eigenvalue weighted by Gasteiger charge is -2.38. The van der Waals surface area contributed by atoms with Crippen LogP contribution in [0.4, 0.5) is 0 Å². The lowest BCUT2D eigenvalue weighted by molar-refractivity contribution is -0.128. The zero-order valence-corrected chi connectivity index (χ0v) is 20.7. The summed E-state index contributed by atoms with van der Waals surface area (Å²) >= 11 is 0. The number of hydrogen-bond acceptors (Lipinski definition) is 7. The van der Waals surface area contributed by atoms with E-state index in [0.717, 1.165) is 43.2 Å². The number of pyridine rings is 2. The highest BCUT2D eigenvalue weighted by atomic mass is 16.3. The first-order valence-electron chi connectivity index (χ1n) is 13.2. The van der Waals surface area contributed by atoms with Gasteiger partial charge in [0, 0.05) is 47.7 Å². The van der Waals surface area contributed by atoms with E-state index in [9.17, 15) is 9.90 Å². The molecule has 4 N–H and O–H groups in total.